The third-order valence-corrected chi connectivity index (χ3v) is 2.76. The van der Waals surface area contributed by atoms with E-state index in [1.807, 2.05) is 6.92 Å². The maximum absolute atomic E-state index is 12.9. The van der Waals surface area contributed by atoms with Crippen LogP contribution in [0.2, 0.25) is 5.02 Å². The molecule has 0 bridgehead atoms. The molecular formula is C12H17Cl2FN2O. The Balaban J connectivity index is 0.00000289. The predicted molar refractivity (Wildman–Crippen MR) is 74.8 cm³/mol. The summed E-state index contributed by atoms with van der Waals surface area (Å²) >= 11 is 5.62. The van der Waals surface area contributed by atoms with Crippen LogP contribution in [0.25, 0.3) is 0 Å². The van der Waals surface area contributed by atoms with E-state index >= 15 is 0 Å². The molecule has 0 saturated carbocycles. The van der Waals surface area contributed by atoms with Crippen LogP contribution in [-0.4, -0.2) is 11.4 Å². The molecule has 0 fully saturated rings. The summed E-state index contributed by atoms with van der Waals surface area (Å²) in [6.07, 6.45) is 1.39. The van der Waals surface area contributed by atoms with E-state index in [-0.39, 0.29) is 23.3 Å². The molecule has 0 radical (unpaired) electrons. The van der Waals surface area contributed by atoms with Crippen molar-refractivity contribution in [2.24, 2.45) is 5.73 Å². The summed E-state index contributed by atoms with van der Waals surface area (Å²) in [5.74, 6) is -0.823. The fraction of sp³-hybridized carbons (Fsp3) is 0.417. The second kappa shape index (κ2) is 6.92. The number of anilines is 1. The first-order valence-electron chi connectivity index (χ1n) is 5.42. The van der Waals surface area contributed by atoms with Gasteiger partial charge in [0, 0.05) is 5.69 Å². The number of carbonyl (C=O) groups is 1. The van der Waals surface area contributed by atoms with Crippen LogP contribution in [0.1, 0.15) is 26.7 Å². The molecule has 1 unspecified atom stereocenters. The van der Waals surface area contributed by atoms with Crippen molar-refractivity contribution in [1.29, 1.82) is 0 Å². The number of benzene rings is 1. The van der Waals surface area contributed by atoms with Crippen molar-refractivity contribution in [1.82, 2.24) is 0 Å². The van der Waals surface area contributed by atoms with Crippen molar-refractivity contribution in [2.45, 2.75) is 32.2 Å². The molecule has 0 aliphatic rings. The fourth-order valence-electron chi connectivity index (χ4n) is 1.48. The normalized spacial score (nSPS) is 13.4. The molecule has 0 spiro atoms. The van der Waals surface area contributed by atoms with E-state index in [1.54, 1.807) is 6.92 Å². The molecule has 0 aliphatic carbocycles. The van der Waals surface area contributed by atoms with Crippen LogP contribution in [-0.2, 0) is 4.79 Å². The van der Waals surface area contributed by atoms with E-state index in [2.05, 4.69) is 5.32 Å². The summed E-state index contributed by atoms with van der Waals surface area (Å²) in [4.78, 5) is 11.8. The zero-order chi connectivity index (χ0) is 13.1. The van der Waals surface area contributed by atoms with Crippen LogP contribution < -0.4 is 11.1 Å². The molecule has 0 aliphatic heterocycles. The van der Waals surface area contributed by atoms with Gasteiger partial charge in [-0.25, -0.2) is 4.39 Å². The Kier molecular flexibility index (Phi) is 6.60. The number of amides is 1. The Hall–Kier alpha value is -0.840. The molecular weight excluding hydrogens is 278 g/mol. The SMILES string of the molecule is CCCC(C)(N)C(=O)Nc1ccc(F)c(Cl)c1.Cl. The maximum atomic E-state index is 12.9. The van der Waals surface area contributed by atoms with Gasteiger partial charge in [-0.3, -0.25) is 4.79 Å². The lowest BCUT2D eigenvalue weighted by molar-refractivity contribution is -0.120. The number of hydrogen-bond donors (Lipinski definition) is 2. The van der Waals surface area contributed by atoms with Crippen LogP contribution in [0.15, 0.2) is 18.2 Å². The smallest absolute Gasteiger partial charge is 0.244 e. The molecule has 1 rings (SSSR count). The molecule has 3 nitrogen and oxygen atoms in total. The molecule has 3 N–H and O–H groups in total. The topological polar surface area (TPSA) is 55.1 Å². The second-order valence-corrected chi connectivity index (χ2v) is 4.66. The van der Waals surface area contributed by atoms with Gasteiger partial charge in [-0.2, -0.15) is 0 Å². The Bertz CT molecular complexity index is 425. The average Bonchev–Trinajstić information content (AvgIpc) is 2.23. The van der Waals surface area contributed by atoms with E-state index in [0.29, 0.717) is 12.1 Å². The van der Waals surface area contributed by atoms with Crippen LogP contribution in [0, 0.1) is 5.82 Å². The zero-order valence-electron chi connectivity index (χ0n) is 10.3. The van der Waals surface area contributed by atoms with Gasteiger partial charge >= 0.3 is 0 Å². The molecule has 102 valence electrons. The molecule has 1 amide bonds. The molecule has 18 heavy (non-hydrogen) atoms. The van der Waals surface area contributed by atoms with Gasteiger partial charge in [-0.1, -0.05) is 24.9 Å². The Labute approximate surface area is 117 Å². The zero-order valence-corrected chi connectivity index (χ0v) is 11.9. The summed E-state index contributed by atoms with van der Waals surface area (Å²) < 4.78 is 12.9. The van der Waals surface area contributed by atoms with E-state index < -0.39 is 11.4 Å². The summed E-state index contributed by atoms with van der Waals surface area (Å²) in [5, 5.41) is 2.59. The van der Waals surface area contributed by atoms with Crippen molar-refractivity contribution in [3.8, 4) is 0 Å². The number of rotatable bonds is 4. The molecule has 0 heterocycles. The highest BCUT2D eigenvalue weighted by Crippen LogP contribution is 2.20. The van der Waals surface area contributed by atoms with Crippen molar-refractivity contribution >= 4 is 35.6 Å². The van der Waals surface area contributed by atoms with Crippen LogP contribution >= 0.6 is 24.0 Å². The Morgan fingerprint density at radius 3 is 2.67 bits per heavy atom. The average molecular weight is 295 g/mol. The standard InChI is InChI=1S/C12H16ClFN2O.ClH/c1-3-6-12(2,15)11(17)16-8-4-5-10(14)9(13)7-8;/h4-5,7H,3,6,15H2,1-2H3,(H,16,17);1H. The summed E-state index contributed by atoms with van der Waals surface area (Å²) in [5.41, 5.74) is 5.37. The van der Waals surface area contributed by atoms with E-state index in [9.17, 15) is 9.18 Å². The van der Waals surface area contributed by atoms with Crippen LogP contribution in [0.4, 0.5) is 10.1 Å². The summed E-state index contributed by atoms with van der Waals surface area (Å²) in [6, 6.07) is 4.00. The van der Waals surface area contributed by atoms with Crippen molar-refractivity contribution in [3.05, 3.63) is 29.0 Å². The molecule has 1 atom stereocenters. The first-order valence-corrected chi connectivity index (χ1v) is 5.80. The molecule has 6 heteroatoms. The van der Waals surface area contributed by atoms with Gasteiger partial charge in [-0.05, 0) is 31.5 Å². The van der Waals surface area contributed by atoms with Crippen LogP contribution in [0.5, 0.6) is 0 Å². The molecule has 0 saturated heterocycles. The van der Waals surface area contributed by atoms with Gasteiger partial charge in [0.25, 0.3) is 0 Å². The lowest BCUT2D eigenvalue weighted by Crippen LogP contribution is -2.48. The number of halogens is 3. The minimum Gasteiger partial charge on any atom is -0.324 e. The molecule has 0 aromatic heterocycles. The quantitative estimate of drug-likeness (QED) is 0.895. The molecule has 1 aromatic carbocycles. The van der Waals surface area contributed by atoms with E-state index in [1.165, 1.54) is 18.2 Å². The Morgan fingerprint density at radius 2 is 2.17 bits per heavy atom. The highest BCUT2D eigenvalue weighted by molar-refractivity contribution is 6.31. The fourth-order valence-corrected chi connectivity index (χ4v) is 1.66. The minimum atomic E-state index is -0.935. The third kappa shape index (κ3) is 4.44. The Morgan fingerprint density at radius 1 is 1.56 bits per heavy atom. The van der Waals surface area contributed by atoms with Gasteiger partial charge in [0.05, 0.1) is 10.6 Å². The molecule has 1 aromatic rings. The first kappa shape index (κ1) is 17.2. The minimum absolute atomic E-state index is 0. The number of nitrogens with one attached hydrogen (secondary N) is 1. The number of nitrogens with two attached hydrogens (primary N) is 1. The number of carbonyl (C=O) groups excluding carboxylic acids is 1. The summed E-state index contributed by atoms with van der Waals surface area (Å²) in [6.45, 7) is 3.62. The second-order valence-electron chi connectivity index (χ2n) is 4.25. The van der Waals surface area contributed by atoms with Gasteiger partial charge < -0.3 is 11.1 Å². The summed E-state index contributed by atoms with van der Waals surface area (Å²) in [7, 11) is 0. The highest BCUT2D eigenvalue weighted by Gasteiger charge is 2.27. The lowest BCUT2D eigenvalue weighted by atomic mass is 9.96. The third-order valence-electron chi connectivity index (χ3n) is 2.47. The maximum Gasteiger partial charge on any atom is 0.244 e. The number of hydrogen-bond acceptors (Lipinski definition) is 2. The lowest BCUT2D eigenvalue weighted by Gasteiger charge is -2.22. The van der Waals surface area contributed by atoms with Crippen molar-refractivity contribution < 1.29 is 9.18 Å². The first-order chi connectivity index (χ1) is 7.86. The van der Waals surface area contributed by atoms with E-state index in [0.717, 1.165) is 6.42 Å². The highest BCUT2D eigenvalue weighted by atomic mass is 35.5. The predicted octanol–water partition coefficient (Wildman–Crippen LogP) is 3.36. The van der Waals surface area contributed by atoms with Gasteiger partial charge in [0.1, 0.15) is 5.82 Å². The van der Waals surface area contributed by atoms with Crippen molar-refractivity contribution in [3.63, 3.8) is 0 Å². The van der Waals surface area contributed by atoms with Gasteiger partial charge in [0.15, 0.2) is 0 Å². The van der Waals surface area contributed by atoms with Crippen LogP contribution in [0.3, 0.4) is 0 Å². The van der Waals surface area contributed by atoms with Gasteiger partial charge in [0.2, 0.25) is 5.91 Å². The van der Waals surface area contributed by atoms with Crippen molar-refractivity contribution in [2.75, 3.05) is 5.32 Å². The van der Waals surface area contributed by atoms with E-state index in [4.69, 9.17) is 17.3 Å². The van der Waals surface area contributed by atoms with Gasteiger partial charge in [-0.15, -0.1) is 12.4 Å². The largest absolute Gasteiger partial charge is 0.324 e. The monoisotopic (exact) mass is 294 g/mol.